The number of hydrogen-bond donors (Lipinski definition) is 0. The molecule has 0 N–H and O–H groups in total. The van der Waals surface area contributed by atoms with E-state index < -0.39 is 0 Å². The van der Waals surface area contributed by atoms with Gasteiger partial charge in [-0.25, -0.2) is 0 Å². The molecule has 0 saturated carbocycles. The maximum atomic E-state index is 2.34. The fourth-order valence-electron chi connectivity index (χ4n) is 8.92. The summed E-state index contributed by atoms with van der Waals surface area (Å²) in [6.45, 7) is 0. The van der Waals surface area contributed by atoms with Gasteiger partial charge in [0, 0.05) is 0 Å². The topological polar surface area (TPSA) is 0 Å². The lowest BCUT2D eigenvalue weighted by molar-refractivity contribution is 1.55. The molecule has 0 aromatic heterocycles. The maximum Gasteiger partial charge on any atom is -0.00268 e. The molecule has 11 rings (SSSR count). The highest BCUT2D eigenvalue weighted by Crippen LogP contribution is 2.45. The molecular weight excluding hydrogens is 697 g/mol. The van der Waals surface area contributed by atoms with E-state index in [9.17, 15) is 0 Å². The molecule has 0 aliphatic heterocycles. The molecule has 58 heavy (non-hydrogen) atoms. The van der Waals surface area contributed by atoms with Gasteiger partial charge in [-0.3, -0.25) is 0 Å². The first-order valence-electron chi connectivity index (χ1n) is 20.1. The molecule has 0 saturated heterocycles. The van der Waals surface area contributed by atoms with Crippen molar-refractivity contribution in [3.8, 4) is 66.8 Å². The maximum absolute atomic E-state index is 2.34. The Balaban J connectivity index is 1.11. The Morgan fingerprint density at radius 1 is 0.155 bits per heavy atom. The van der Waals surface area contributed by atoms with Crippen molar-refractivity contribution in [3.05, 3.63) is 231 Å². The summed E-state index contributed by atoms with van der Waals surface area (Å²) in [5.74, 6) is 0. The largest absolute Gasteiger partial charge is 0.0616 e. The van der Waals surface area contributed by atoms with Gasteiger partial charge >= 0.3 is 0 Å². The second kappa shape index (κ2) is 14.2. The molecule has 0 bridgehead atoms. The van der Waals surface area contributed by atoms with Crippen LogP contribution in [0.5, 0.6) is 0 Å². The Bertz CT molecular complexity index is 2910. The minimum atomic E-state index is 1.19. The summed E-state index contributed by atoms with van der Waals surface area (Å²) in [5, 5.41) is 9.94. The summed E-state index contributed by atoms with van der Waals surface area (Å²) in [6.07, 6.45) is 0. The molecule has 0 heteroatoms. The third kappa shape index (κ3) is 6.04. The highest BCUT2D eigenvalue weighted by atomic mass is 14.2. The predicted octanol–water partition coefficient (Wildman–Crippen LogP) is 16.3. The van der Waals surface area contributed by atoms with E-state index in [2.05, 4.69) is 231 Å². The zero-order valence-electron chi connectivity index (χ0n) is 31.9. The summed E-state index contributed by atoms with van der Waals surface area (Å²) in [7, 11) is 0. The molecule has 0 aliphatic carbocycles. The standard InChI is InChI=1S/C58H38/c1-5-15-45-35-49(31-23-39(45)11-1)53-19-9-20-54(50-32-24-40-12-2-6-16-46(40)36-50)57(53)43-27-29-44(30-28-43)58-55(51-33-25-41-13-3-7-17-47(41)37-51)21-10-22-56(58)52-34-26-42-14-4-8-18-48(42)38-52/h1-38H. The molecule has 0 nitrogen and oxygen atoms in total. The van der Waals surface area contributed by atoms with E-state index in [1.165, 1.54) is 110 Å². The van der Waals surface area contributed by atoms with Crippen LogP contribution < -0.4 is 0 Å². The van der Waals surface area contributed by atoms with E-state index in [0.717, 1.165) is 0 Å². The van der Waals surface area contributed by atoms with Gasteiger partial charge in [0.25, 0.3) is 0 Å². The van der Waals surface area contributed by atoms with Crippen molar-refractivity contribution in [1.82, 2.24) is 0 Å². The summed E-state index contributed by atoms with van der Waals surface area (Å²) in [4.78, 5) is 0. The quantitative estimate of drug-likeness (QED) is 0.160. The summed E-state index contributed by atoms with van der Waals surface area (Å²) in [6, 6.07) is 84.8. The van der Waals surface area contributed by atoms with Crippen LogP contribution in [0.1, 0.15) is 0 Å². The second-order valence-corrected chi connectivity index (χ2v) is 15.3. The van der Waals surface area contributed by atoms with E-state index in [4.69, 9.17) is 0 Å². The lowest BCUT2D eigenvalue weighted by atomic mass is 9.84. The molecule has 0 spiro atoms. The van der Waals surface area contributed by atoms with Gasteiger partial charge in [0.2, 0.25) is 0 Å². The van der Waals surface area contributed by atoms with Gasteiger partial charge < -0.3 is 0 Å². The van der Waals surface area contributed by atoms with Crippen molar-refractivity contribution in [1.29, 1.82) is 0 Å². The van der Waals surface area contributed by atoms with Crippen LogP contribution >= 0.6 is 0 Å². The van der Waals surface area contributed by atoms with Crippen LogP contribution in [0.3, 0.4) is 0 Å². The number of rotatable bonds is 6. The van der Waals surface area contributed by atoms with E-state index >= 15 is 0 Å². The van der Waals surface area contributed by atoms with E-state index in [1.54, 1.807) is 0 Å². The first kappa shape index (κ1) is 33.8. The zero-order chi connectivity index (χ0) is 38.4. The van der Waals surface area contributed by atoms with Gasteiger partial charge in [-0.2, -0.15) is 0 Å². The molecule has 0 atom stereocenters. The van der Waals surface area contributed by atoms with Crippen LogP contribution in [0.4, 0.5) is 0 Å². The van der Waals surface area contributed by atoms with Crippen molar-refractivity contribution in [2.75, 3.05) is 0 Å². The van der Waals surface area contributed by atoms with Gasteiger partial charge in [-0.15, -0.1) is 0 Å². The molecule has 11 aromatic rings. The minimum Gasteiger partial charge on any atom is -0.0616 e. The Morgan fingerprint density at radius 2 is 0.379 bits per heavy atom. The summed E-state index contributed by atoms with van der Waals surface area (Å²) in [5.41, 5.74) is 14.6. The summed E-state index contributed by atoms with van der Waals surface area (Å²) >= 11 is 0. The van der Waals surface area contributed by atoms with E-state index in [0.29, 0.717) is 0 Å². The Kier molecular flexibility index (Phi) is 8.26. The van der Waals surface area contributed by atoms with Crippen molar-refractivity contribution in [3.63, 3.8) is 0 Å². The Labute approximate surface area is 339 Å². The Hall–Kier alpha value is -7.54. The molecule has 0 radical (unpaired) electrons. The highest BCUT2D eigenvalue weighted by molar-refractivity contribution is 6.02. The average molecular weight is 735 g/mol. The molecular formula is C58H38. The van der Waals surface area contributed by atoms with Crippen LogP contribution in [-0.2, 0) is 0 Å². The lowest BCUT2D eigenvalue weighted by Gasteiger charge is -2.19. The molecule has 270 valence electrons. The fourth-order valence-corrected chi connectivity index (χ4v) is 8.92. The first-order valence-corrected chi connectivity index (χ1v) is 20.1. The molecule has 0 heterocycles. The third-order valence-corrected chi connectivity index (χ3v) is 11.8. The van der Waals surface area contributed by atoms with Crippen molar-refractivity contribution in [2.24, 2.45) is 0 Å². The highest BCUT2D eigenvalue weighted by Gasteiger charge is 2.18. The molecule has 0 fully saturated rings. The van der Waals surface area contributed by atoms with Gasteiger partial charge in [0.15, 0.2) is 0 Å². The van der Waals surface area contributed by atoms with Crippen LogP contribution in [0.25, 0.3) is 110 Å². The van der Waals surface area contributed by atoms with Crippen molar-refractivity contribution >= 4 is 43.1 Å². The van der Waals surface area contributed by atoms with E-state index in [1.807, 2.05) is 0 Å². The van der Waals surface area contributed by atoms with Gasteiger partial charge in [-0.05, 0) is 134 Å². The Morgan fingerprint density at radius 3 is 0.638 bits per heavy atom. The van der Waals surface area contributed by atoms with Gasteiger partial charge in [0.05, 0.1) is 0 Å². The number of fused-ring (bicyclic) bond motifs is 4. The average Bonchev–Trinajstić information content (AvgIpc) is 3.30. The predicted molar refractivity (Wildman–Crippen MR) is 249 cm³/mol. The lowest BCUT2D eigenvalue weighted by Crippen LogP contribution is -1.93. The van der Waals surface area contributed by atoms with E-state index in [-0.39, 0.29) is 0 Å². The molecule has 0 unspecified atom stereocenters. The second-order valence-electron chi connectivity index (χ2n) is 15.3. The van der Waals surface area contributed by atoms with Crippen LogP contribution in [0, 0.1) is 0 Å². The van der Waals surface area contributed by atoms with Crippen LogP contribution in [-0.4, -0.2) is 0 Å². The van der Waals surface area contributed by atoms with Crippen molar-refractivity contribution < 1.29 is 0 Å². The van der Waals surface area contributed by atoms with Crippen LogP contribution in [0.15, 0.2) is 231 Å². The molecule has 0 aliphatic rings. The smallest absolute Gasteiger partial charge is 0.00268 e. The molecule has 0 amide bonds. The zero-order valence-corrected chi connectivity index (χ0v) is 31.9. The number of benzene rings is 11. The normalized spacial score (nSPS) is 11.4. The molecule has 11 aromatic carbocycles. The van der Waals surface area contributed by atoms with Gasteiger partial charge in [-0.1, -0.05) is 206 Å². The van der Waals surface area contributed by atoms with Gasteiger partial charge in [0.1, 0.15) is 0 Å². The summed E-state index contributed by atoms with van der Waals surface area (Å²) < 4.78 is 0. The number of hydrogen-bond acceptors (Lipinski definition) is 0. The van der Waals surface area contributed by atoms with Crippen molar-refractivity contribution in [2.45, 2.75) is 0 Å². The first-order chi connectivity index (χ1) is 28.7. The van der Waals surface area contributed by atoms with Crippen LogP contribution in [0.2, 0.25) is 0 Å². The fraction of sp³-hybridized carbons (Fsp3) is 0. The third-order valence-electron chi connectivity index (χ3n) is 11.8. The SMILES string of the molecule is c1cc(-c2ccc3ccccc3c2)c(-c2ccc(-c3c(-c4ccc5ccccc5c4)cccc3-c3ccc4ccccc4c3)cc2)c(-c2ccc3ccccc3c2)c1. The minimum absolute atomic E-state index is 1.19. The monoisotopic (exact) mass is 734 g/mol.